The Kier molecular flexibility index (Phi) is 5.89. The van der Waals surface area contributed by atoms with Gasteiger partial charge >= 0.3 is 5.69 Å². The normalized spacial score (nSPS) is 14.4. The monoisotopic (exact) mass is 437 g/mol. The Bertz CT molecular complexity index is 1350. The van der Waals surface area contributed by atoms with Crippen LogP contribution in [0.4, 0.5) is 15.9 Å². The highest BCUT2D eigenvalue weighted by molar-refractivity contribution is 6.56. The molecule has 0 fully saturated rings. The third-order valence-electron chi connectivity index (χ3n) is 5.14. The van der Waals surface area contributed by atoms with Gasteiger partial charge in [-0.1, -0.05) is 29.2 Å². The minimum absolute atomic E-state index is 0.0450. The maximum atomic E-state index is 15.1. The van der Waals surface area contributed by atoms with Crippen molar-refractivity contribution in [1.29, 1.82) is 0 Å². The summed E-state index contributed by atoms with van der Waals surface area (Å²) in [7, 11) is 17.3. The fourth-order valence-electron chi connectivity index (χ4n) is 3.78. The molecule has 1 N–H and O–H groups in total. The molecule has 160 valence electrons. The van der Waals surface area contributed by atoms with E-state index in [0.29, 0.717) is 24.4 Å². The van der Waals surface area contributed by atoms with Crippen LogP contribution < -0.4 is 10.6 Å². The SMILES string of the molecule is [B]C([B])([B])n1c(=O)nc(N2CCOCc3c(C#CC(C)(C)O)cccc32)c2c(F)cccc21. The molecule has 6 nitrogen and oxygen atoms in total. The molecule has 0 aliphatic carbocycles. The van der Waals surface area contributed by atoms with Crippen LogP contribution in [0.1, 0.15) is 25.0 Å². The van der Waals surface area contributed by atoms with E-state index in [4.69, 9.17) is 28.3 Å². The molecule has 0 atom stereocenters. The van der Waals surface area contributed by atoms with E-state index in [0.717, 1.165) is 10.1 Å². The first-order valence-corrected chi connectivity index (χ1v) is 10.3. The predicted octanol–water partition coefficient (Wildman–Crippen LogP) is 1.40. The molecule has 1 aliphatic rings. The summed E-state index contributed by atoms with van der Waals surface area (Å²) < 4.78 is 21.7. The van der Waals surface area contributed by atoms with Gasteiger partial charge in [-0.25, -0.2) is 9.18 Å². The number of anilines is 2. The van der Waals surface area contributed by atoms with Crippen molar-refractivity contribution in [3.05, 3.63) is 63.8 Å². The van der Waals surface area contributed by atoms with Gasteiger partial charge in [-0.05, 0) is 38.1 Å². The van der Waals surface area contributed by atoms with Gasteiger partial charge in [0.05, 0.1) is 47.7 Å². The highest BCUT2D eigenvalue weighted by atomic mass is 19.1. The van der Waals surface area contributed by atoms with E-state index < -0.39 is 22.3 Å². The standard InChI is InChI=1S/C23H19B3FN3O3/c1-22(2,32)10-9-14-5-3-7-17-15(14)13-33-12-11-29(17)20-19-16(27)6-4-8-18(19)30(21(31)28-20)23(24,25)26/h3-8,32H,11-13H2,1-2H3. The topological polar surface area (TPSA) is 67.6 Å². The number of nitrogens with zero attached hydrogens (tertiary/aromatic N) is 3. The fraction of sp³-hybridized carbons (Fsp3) is 0.304. The first kappa shape index (κ1) is 23.2. The van der Waals surface area contributed by atoms with Crippen LogP contribution >= 0.6 is 0 Å². The molecule has 0 unspecified atom stereocenters. The zero-order valence-electron chi connectivity index (χ0n) is 18.3. The molecule has 0 saturated carbocycles. The second-order valence-electron chi connectivity index (χ2n) is 8.39. The van der Waals surface area contributed by atoms with Gasteiger partial charge in [0.1, 0.15) is 11.4 Å². The van der Waals surface area contributed by atoms with Gasteiger partial charge in [0.25, 0.3) is 0 Å². The summed E-state index contributed by atoms with van der Waals surface area (Å²) in [4.78, 5) is 18.8. The first-order valence-electron chi connectivity index (χ1n) is 10.3. The summed E-state index contributed by atoms with van der Waals surface area (Å²) in [6.45, 7) is 4.02. The lowest BCUT2D eigenvalue weighted by Crippen LogP contribution is -2.44. The molecular weight excluding hydrogens is 418 g/mol. The molecule has 2 aromatic carbocycles. The van der Waals surface area contributed by atoms with E-state index in [1.165, 1.54) is 18.2 Å². The van der Waals surface area contributed by atoms with E-state index in [-0.39, 0.29) is 23.3 Å². The van der Waals surface area contributed by atoms with Crippen molar-refractivity contribution in [2.75, 3.05) is 18.1 Å². The number of hydrogen-bond acceptors (Lipinski definition) is 5. The van der Waals surface area contributed by atoms with Gasteiger partial charge < -0.3 is 19.3 Å². The molecule has 6 radical (unpaired) electrons. The number of hydrogen-bond donors (Lipinski definition) is 1. The number of ether oxygens (including phenoxy) is 1. The maximum Gasteiger partial charge on any atom is 0.348 e. The van der Waals surface area contributed by atoms with Crippen molar-refractivity contribution < 1.29 is 14.2 Å². The average molecular weight is 437 g/mol. The van der Waals surface area contributed by atoms with Crippen molar-refractivity contribution in [3.63, 3.8) is 0 Å². The van der Waals surface area contributed by atoms with Crippen LogP contribution in [-0.2, 0) is 16.6 Å². The van der Waals surface area contributed by atoms with Crippen molar-refractivity contribution in [2.24, 2.45) is 0 Å². The van der Waals surface area contributed by atoms with Gasteiger partial charge in [-0.3, -0.25) is 0 Å². The van der Waals surface area contributed by atoms with E-state index in [9.17, 15) is 9.90 Å². The average Bonchev–Trinajstić information content (AvgIpc) is 2.93. The van der Waals surface area contributed by atoms with Crippen LogP contribution in [0.2, 0.25) is 0 Å². The van der Waals surface area contributed by atoms with Crippen molar-refractivity contribution in [1.82, 2.24) is 9.55 Å². The molecule has 1 aliphatic heterocycles. The lowest BCUT2D eigenvalue weighted by molar-refractivity contribution is 0.133. The van der Waals surface area contributed by atoms with Gasteiger partial charge in [0.2, 0.25) is 0 Å². The summed E-state index contributed by atoms with van der Waals surface area (Å²) in [5.74, 6) is 5.26. The molecule has 0 spiro atoms. The minimum atomic E-state index is -2.08. The second kappa shape index (κ2) is 8.40. The minimum Gasteiger partial charge on any atom is -0.378 e. The van der Waals surface area contributed by atoms with E-state index in [1.807, 2.05) is 6.07 Å². The molecule has 0 saturated heterocycles. The van der Waals surface area contributed by atoms with Crippen LogP contribution in [0.5, 0.6) is 0 Å². The zero-order valence-corrected chi connectivity index (χ0v) is 18.3. The molecule has 4 rings (SSSR count). The van der Waals surface area contributed by atoms with Crippen LogP contribution in [0.25, 0.3) is 10.9 Å². The van der Waals surface area contributed by atoms with Crippen LogP contribution in [0.15, 0.2) is 41.2 Å². The lowest BCUT2D eigenvalue weighted by Gasteiger charge is -2.29. The highest BCUT2D eigenvalue weighted by Crippen LogP contribution is 2.36. The molecule has 0 bridgehead atoms. The number of fused-ring (bicyclic) bond motifs is 2. The molecular formula is C23H19B3FN3O3. The van der Waals surface area contributed by atoms with E-state index >= 15 is 4.39 Å². The second-order valence-corrected chi connectivity index (χ2v) is 8.39. The largest absolute Gasteiger partial charge is 0.378 e. The molecule has 1 aromatic heterocycles. The summed E-state index contributed by atoms with van der Waals surface area (Å²) in [5.41, 5.74) is 0.141. The molecule has 10 heteroatoms. The summed E-state index contributed by atoms with van der Waals surface area (Å²) >= 11 is 0. The highest BCUT2D eigenvalue weighted by Gasteiger charge is 2.27. The zero-order chi connectivity index (χ0) is 24.0. The Morgan fingerprint density at radius 3 is 2.61 bits per heavy atom. The Labute approximate surface area is 195 Å². The summed E-state index contributed by atoms with van der Waals surface area (Å²) in [6, 6.07) is 9.61. The Hall–Kier alpha value is -3.02. The molecule has 3 aromatic rings. The first-order chi connectivity index (χ1) is 15.5. The predicted molar refractivity (Wildman–Crippen MR) is 127 cm³/mol. The van der Waals surface area contributed by atoms with Gasteiger partial charge in [0, 0.05) is 23.4 Å². The Morgan fingerprint density at radius 1 is 1.18 bits per heavy atom. The quantitative estimate of drug-likeness (QED) is 0.486. The Morgan fingerprint density at radius 2 is 1.91 bits per heavy atom. The fourth-order valence-corrected chi connectivity index (χ4v) is 3.78. The maximum absolute atomic E-state index is 15.1. The van der Waals surface area contributed by atoms with Crippen LogP contribution in [0.3, 0.4) is 0 Å². The smallest absolute Gasteiger partial charge is 0.348 e. The van der Waals surface area contributed by atoms with E-state index in [1.54, 1.807) is 30.9 Å². The van der Waals surface area contributed by atoms with Crippen LogP contribution in [-0.4, -0.2) is 56.9 Å². The number of rotatable bonds is 2. The summed E-state index contributed by atoms with van der Waals surface area (Å²) in [5, 5.41) is 7.98. The molecule has 2 heterocycles. The van der Waals surface area contributed by atoms with Crippen molar-refractivity contribution >= 4 is 45.9 Å². The Balaban J connectivity index is 2.00. The number of aromatic nitrogens is 2. The van der Waals surface area contributed by atoms with Gasteiger partial charge in [0.15, 0.2) is 5.82 Å². The number of aliphatic hydroxyl groups is 1. The third-order valence-corrected chi connectivity index (χ3v) is 5.14. The number of benzene rings is 2. The molecule has 0 amide bonds. The molecule has 33 heavy (non-hydrogen) atoms. The summed E-state index contributed by atoms with van der Waals surface area (Å²) in [6.07, 6.45) is 0. The number of halogens is 1. The van der Waals surface area contributed by atoms with Crippen LogP contribution in [0, 0.1) is 17.7 Å². The van der Waals surface area contributed by atoms with Gasteiger partial charge in [-0.15, -0.1) is 0 Å². The van der Waals surface area contributed by atoms with Gasteiger partial charge in [-0.2, -0.15) is 4.98 Å². The lowest BCUT2D eigenvalue weighted by atomic mass is 9.49. The van der Waals surface area contributed by atoms with Crippen molar-refractivity contribution in [2.45, 2.75) is 31.3 Å². The van der Waals surface area contributed by atoms with Crippen molar-refractivity contribution in [3.8, 4) is 11.8 Å². The third kappa shape index (κ3) is 4.57. The van der Waals surface area contributed by atoms with E-state index in [2.05, 4.69) is 16.8 Å².